The van der Waals surface area contributed by atoms with Crippen molar-refractivity contribution in [2.45, 2.75) is 24.3 Å². The zero-order chi connectivity index (χ0) is 18.6. The van der Waals surface area contributed by atoms with E-state index >= 15 is 0 Å². The summed E-state index contributed by atoms with van der Waals surface area (Å²) in [4.78, 5) is 14.2. The predicted molar refractivity (Wildman–Crippen MR) is 101 cm³/mol. The van der Waals surface area contributed by atoms with Gasteiger partial charge >= 0.3 is 0 Å². The van der Waals surface area contributed by atoms with Gasteiger partial charge in [-0.05, 0) is 31.0 Å². The summed E-state index contributed by atoms with van der Waals surface area (Å²) < 4.78 is 29.3. The molecule has 2 N–H and O–H groups in total. The molecule has 1 aliphatic heterocycles. The molecule has 1 aliphatic rings. The fourth-order valence-electron chi connectivity index (χ4n) is 2.97. The highest BCUT2D eigenvalue weighted by molar-refractivity contribution is 7.89. The second kappa shape index (κ2) is 7.92. The molecule has 2 heterocycles. The number of carbonyl (C=O) groups excluding carboxylic acids is 1. The number of aryl methyl sites for hydroxylation is 1. The van der Waals surface area contributed by atoms with Crippen molar-refractivity contribution in [2.75, 3.05) is 31.6 Å². The molecule has 0 atom stereocenters. The monoisotopic (exact) mass is 376 g/mol. The van der Waals surface area contributed by atoms with E-state index in [1.54, 1.807) is 10.8 Å². The van der Waals surface area contributed by atoms with Crippen LogP contribution < -0.4 is 14.9 Å². The van der Waals surface area contributed by atoms with Crippen molar-refractivity contribution in [3.8, 4) is 0 Å². The molecular formula is C18H24N4O3S. The summed E-state index contributed by atoms with van der Waals surface area (Å²) in [6.45, 7) is 2.31. The first-order valence-corrected chi connectivity index (χ1v) is 10.2. The maximum atomic E-state index is 12.5. The lowest BCUT2D eigenvalue weighted by atomic mass is 10.3. The van der Waals surface area contributed by atoms with Gasteiger partial charge in [0, 0.05) is 45.1 Å². The lowest BCUT2D eigenvalue weighted by molar-refractivity contribution is 0.0951. The normalized spacial score (nSPS) is 14.4. The van der Waals surface area contributed by atoms with Crippen LogP contribution in [0.2, 0.25) is 0 Å². The molecule has 3 rings (SSSR count). The van der Waals surface area contributed by atoms with Gasteiger partial charge in [-0.25, -0.2) is 13.1 Å². The van der Waals surface area contributed by atoms with Gasteiger partial charge in [-0.15, -0.1) is 0 Å². The van der Waals surface area contributed by atoms with Gasteiger partial charge in [0.15, 0.2) is 0 Å². The van der Waals surface area contributed by atoms with Gasteiger partial charge < -0.3 is 14.8 Å². The van der Waals surface area contributed by atoms with E-state index in [0.717, 1.165) is 18.7 Å². The van der Waals surface area contributed by atoms with Crippen LogP contribution in [0.3, 0.4) is 0 Å². The molecule has 1 amide bonds. The number of nitrogens with one attached hydrogen (secondary N) is 2. The average Bonchev–Trinajstić information content (AvgIpc) is 3.01. The summed E-state index contributed by atoms with van der Waals surface area (Å²) >= 11 is 0. The Bertz CT molecular complexity index is 862. The first kappa shape index (κ1) is 18.5. The van der Waals surface area contributed by atoms with Crippen LogP contribution in [0.25, 0.3) is 0 Å². The summed E-state index contributed by atoms with van der Waals surface area (Å²) in [7, 11) is -1.64. The number of nitrogens with zero attached hydrogens (tertiary/aromatic N) is 2. The second-order valence-electron chi connectivity index (χ2n) is 6.37. The highest BCUT2D eigenvalue weighted by Crippen LogP contribution is 2.17. The van der Waals surface area contributed by atoms with Crippen LogP contribution in [0.4, 0.5) is 5.69 Å². The molecule has 0 saturated heterocycles. The minimum Gasteiger partial charge on any atom is -0.375 e. The lowest BCUT2D eigenvalue weighted by Gasteiger charge is -2.19. The van der Waals surface area contributed by atoms with Crippen molar-refractivity contribution < 1.29 is 13.2 Å². The van der Waals surface area contributed by atoms with Crippen molar-refractivity contribution in [3.05, 3.63) is 48.3 Å². The van der Waals surface area contributed by atoms with Crippen LogP contribution in [0.5, 0.6) is 0 Å². The Morgan fingerprint density at radius 3 is 2.81 bits per heavy atom. The van der Waals surface area contributed by atoms with Crippen LogP contribution in [-0.2, 0) is 16.6 Å². The third-order valence-electron chi connectivity index (χ3n) is 4.44. The van der Waals surface area contributed by atoms with E-state index in [4.69, 9.17) is 0 Å². The van der Waals surface area contributed by atoms with Crippen LogP contribution >= 0.6 is 0 Å². The van der Waals surface area contributed by atoms with E-state index in [-0.39, 0.29) is 10.8 Å². The number of aromatic nitrogens is 1. The fourth-order valence-corrected chi connectivity index (χ4v) is 4.08. The largest absolute Gasteiger partial charge is 0.375 e. The Morgan fingerprint density at radius 2 is 2.04 bits per heavy atom. The Kier molecular flexibility index (Phi) is 5.63. The topological polar surface area (TPSA) is 83.4 Å². The molecule has 7 nitrogen and oxygen atoms in total. The maximum Gasteiger partial charge on any atom is 0.267 e. The van der Waals surface area contributed by atoms with Gasteiger partial charge in [-0.3, -0.25) is 4.79 Å². The maximum absolute atomic E-state index is 12.5. The summed E-state index contributed by atoms with van der Waals surface area (Å²) in [5.41, 5.74) is 1.49. The number of para-hydroxylation sites is 1. The molecule has 2 aromatic rings. The smallest absolute Gasteiger partial charge is 0.267 e. The molecule has 0 spiro atoms. The van der Waals surface area contributed by atoms with E-state index in [1.807, 2.05) is 37.4 Å². The number of carbonyl (C=O) groups is 1. The van der Waals surface area contributed by atoms with Gasteiger partial charge in [0.25, 0.3) is 5.91 Å². The quantitative estimate of drug-likeness (QED) is 0.716. The SMILES string of the molecule is CN(CCCNS(=O)(=O)c1cc2n(c1)CCCNC2=O)c1ccccc1. The van der Waals surface area contributed by atoms with Gasteiger partial charge in [0.1, 0.15) is 10.6 Å². The van der Waals surface area contributed by atoms with Crippen molar-refractivity contribution in [1.29, 1.82) is 0 Å². The van der Waals surface area contributed by atoms with Crippen LogP contribution in [-0.4, -0.2) is 45.6 Å². The van der Waals surface area contributed by atoms with E-state index < -0.39 is 10.0 Å². The minimum absolute atomic E-state index is 0.140. The molecule has 0 saturated carbocycles. The zero-order valence-electron chi connectivity index (χ0n) is 14.8. The second-order valence-corrected chi connectivity index (χ2v) is 8.14. The van der Waals surface area contributed by atoms with Crippen LogP contribution in [0, 0.1) is 0 Å². The fraction of sp³-hybridized carbons (Fsp3) is 0.389. The third-order valence-corrected chi connectivity index (χ3v) is 5.86. The molecule has 0 fully saturated rings. The first-order valence-electron chi connectivity index (χ1n) is 8.71. The van der Waals surface area contributed by atoms with E-state index in [0.29, 0.717) is 31.7 Å². The highest BCUT2D eigenvalue weighted by atomic mass is 32.2. The number of rotatable bonds is 7. The number of hydrogen-bond acceptors (Lipinski definition) is 4. The van der Waals surface area contributed by atoms with Gasteiger partial charge in [0.05, 0.1) is 0 Å². The van der Waals surface area contributed by atoms with E-state index in [1.165, 1.54) is 6.07 Å². The highest BCUT2D eigenvalue weighted by Gasteiger charge is 2.22. The van der Waals surface area contributed by atoms with Crippen molar-refractivity contribution in [2.24, 2.45) is 0 Å². The molecule has 1 aromatic heterocycles. The molecule has 1 aromatic carbocycles. The Labute approximate surface area is 154 Å². The third kappa shape index (κ3) is 4.25. The molecule has 26 heavy (non-hydrogen) atoms. The lowest BCUT2D eigenvalue weighted by Crippen LogP contribution is -2.28. The summed E-state index contributed by atoms with van der Waals surface area (Å²) in [6, 6.07) is 11.4. The number of fused-ring (bicyclic) bond motifs is 1. The number of hydrogen-bond donors (Lipinski definition) is 2. The molecule has 0 unspecified atom stereocenters. The summed E-state index contributed by atoms with van der Waals surface area (Å²) in [5.74, 6) is -0.228. The first-order chi connectivity index (χ1) is 12.5. The van der Waals surface area contributed by atoms with Crippen molar-refractivity contribution in [3.63, 3.8) is 0 Å². The van der Waals surface area contributed by atoms with Crippen molar-refractivity contribution in [1.82, 2.24) is 14.6 Å². The Balaban J connectivity index is 1.56. The Hall–Kier alpha value is -2.32. The molecule has 8 heteroatoms. The summed E-state index contributed by atoms with van der Waals surface area (Å²) in [6.07, 6.45) is 3.00. The van der Waals surface area contributed by atoms with E-state index in [9.17, 15) is 13.2 Å². The van der Waals surface area contributed by atoms with Gasteiger partial charge in [-0.2, -0.15) is 0 Å². The molecule has 0 radical (unpaired) electrons. The number of benzene rings is 1. The number of amides is 1. The zero-order valence-corrected chi connectivity index (χ0v) is 15.6. The standard InChI is InChI=1S/C18H24N4O3S/c1-21(15-7-3-2-4-8-15)11-6-10-20-26(24,25)16-13-17-18(23)19-9-5-12-22(17)14-16/h2-4,7-8,13-14,20H,5-6,9-12H2,1H3,(H,19,23). The minimum atomic E-state index is -3.62. The molecule has 0 aliphatic carbocycles. The number of anilines is 1. The molecule has 0 bridgehead atoms. The van der Waals surface area contributed by atoms with Gasteiger partial charge in [-0.1, -0.05) is 18.2 Å². The predicted octanol–water partition coefficient (Wildman–Crippen LogP) is 1.43. The molecule has 140 valence electrons. The van der Waals surface area contributed by atoms with Crippen molar-refractivity contribution >= 4 is 21.6 Å². The average molecular weight is 376 g/mol. The summed E-state index contributed by atoms with van der Waals surface area (Å²) in [5, 5.41) is 2.77. The Morgan fingerprint density at radius 1 is 1.27 bits per heavy atom. The number of sulfonamides is 1. The molecular weight excluding hydrogens is 352 g/mol. The van der Waals surface area contributed by atoms with Crippen LogP contribution in [0.15, 0.2) is 47.5 Å². The van der Waals surface area contributed by atoms with Gasteiger partial charge in [0.2, 0.25) is 10.0 Å². The van der Waals surface area contributed by atoms with Crippen LogP contribution in [0.1, 0.15) is 23.3 Å². The van der Waals surface area contributed by atoms with E-state index in [2.05, 4.69) is 14.9 Å².